The molecule has 0 fully saturated rings. The first-order valence-corrected chi connectivity index (χ1v) is 8.11. The highest BCUT2D eigenvalue weighted by molar-refractivity contribution is 9.10. The van der Waals surface area contributed by atoms with Gasteiger partial charge in [0.1, 0.15) is 5.75 Å². The molecule has 1 aromatic heterocycles. The number of nitro groups is 1. The van der Waals surface area contributed by atoms with Gasteiger partial charge in [0.2, 0.25) is 0 Å². The quantitative estimate of drug-likeness (QED) is 0.459. The summed E-state index contributed by atoms with van der Waals surface area (Å²) in [6, 6.07) is 8.47. The van der Waals surface area contributed by atoms with Crippen LogP contribution < -0.4 is 10.2 Å². The van der Waals surface area contributed by atoms with Gasteiger partial charge in [0.25, 0.3) is 11.6 Å². The molecule has 0 aliphatic carbocycles. The van der Waals surface area contributed by atoms with Crippen LogP contribution in [0.25, 0.3) is 0 Å². The number of carbonyl (C=O) groups excluding carboxylic acids is 1. The molecule has 2 rings (SSSR count). The molecule has 1 N–H and O–H groups in total. The maximum absolute atomic E-state index is 11.9. The van der Waals surface area contributed by atoms with E-state index in [1.54, 1.807) is 19.1 Å². The molecule has 0 aliphatic heterocycles. The highest BCUT2D eigenvalue weighted by atomic mass is 79.9. The normalized spacial score (nSPS) is 12.1. The lowest BCUT2D eigenvalue weighted by Crippen LogP contribution is -2.33. The second kappa shape index (κ2) is 7.84. The molecule has 0 saturated carbocycles. The summed E-state index contributed by atoms with van der Waals surface area (Å²) in [5.41, 5.74) is 2.33. The van der Waals surface area contributed by atoms with Crippen LogP contribution in [0.2, 0.25) is 0 Å². The standard InChI is InChI=1S/C14H12BrN3O4S/c1-9(22-12-4-2-10(15)3-5-12)14(19)17-16-7-13-6-11(8-23-13)18(20)21/h2-9H,1H3,(H,17,19)/b16-7-/t9-/m1/s1. The summed E-state index contributed by atoms with van der Waals surface area (Å²) < 4.78 is 6.39. The fourth-order valence-electron chi connectivity index (χ4n) is 1.53. The Morgan fingerprint density at radius 3 is 2.78 bits per heavy atom. The number of benzene rings is 1. The van der Waals surface area contributed by atoms with Crippen LogP contribution in [0.15, 0.2) is 45.3 Å². The number of hydrogen-bond acceptors (Lipinski definition) is 6. The number of ether oxygens (including phenoxy) is 1. The first-order chi connectivity index (χ1) is 11.0. The Balaban J connectivity index is 1.86. The van der Waals surface area contributed by atoms with E-state index in [0.717, 1.165) is 15.8 Å². The van der Waals surface area contributed by atoms with Crippen molar-refractivity contribution in [2.24, 2.45) is 5.10 Å². The van der Waals surface area contributed by atoms with Crippen molar-refractivity contribution in [1.82, 2.24) is 5.43 Å². The average Bonchev–Trinajstić information content (AvgIpc) is 2.98. The van der Waals surface area contributed by atoms with Crippen LogP contribution in [0.1, 0.15) is 11.8 Å². The molecule has 9 heteroatoms. The molecule has 0 spiro atoms. The first kappa shape index (κ1) is 17.1. The van der Waals surface area contributed by atoms with Crippen LogP contribution >= 0.6 is 27.3 Å². The van der Waals surface area contributed by atoms with Crippen molar-refractivity contribution in [3.05, 3.63) is 55.2 Å². The van der Waals surface area contributed by atoms with Crippen molar-refractivity contribution in [1.29, 1.82) is 0 Å². The van der Waals surface area contributed by atoms with E-state index in [-0.39, 0.29) is 5.69 Å². The topological polar surface area (TPSA) is 93.8 Å². The van der Waals surface area contributed by atoms with E-state index in [1.165, 1.54) is 17.7 Å². The number of rotatable bonds is 6. The van der Waals surface area contributed by atoms with Crippen LogP contribution in [-0.4, -0.2) is 23.1 Å². The Kier molecular flexibility index (Phi) is 5.83. The highest BCUT2D eigenvalue weighted by Gasteiger charge is 2.14. The van der Waals surface area contributed by atoms with E-state index < -0.39 is 16.9 Å². The third-order valence-corrected chi connectivity index (χ3v) is 4.06. The van der Waals surface area contributed by atoms with Gasteiger partial charge in [0.15, 0.2) is 6.10 Å². The monoisotopic (exact) mass is 397 g/mol. The lowest BCUT2D eigenvalue weighted by Gasteiger charge is -2.12. The highest BCUT2D eigenvalue weighted by Crippen LogP contribution is 2.19. The van der Waals surface area contributed by atoms with E-state index in [1.807, 2.05) is 12.1 Å². The van der Waals surface area contributed by atoms with Crippen LogP contribution in [-0.2, 0) is 4.79 Å². The Labute approximate surface area is 144 Å². The van der Waals surface area contributed by atoms with E-state index in [9.17, 15) is 14.9 Å². The number of amides is 1. The molecule has 2 aromatic rings. The summed E-state index contributed by atoms with van der Waals surface area (Å²) in [5.74, 6) is 0.143. The largest absolute Gasteiger partial charge is 0.481 e. The van der Waals surface area contributed by atoms with E-state index in [0.29, 0.717) is 10.6 Å². The van der Waals surface area contributed by atoms with Crippen molar-refractivity contribution >= 4 is 45.1 Å². The maximum Gasteiger partial charge on any atom is 0.280 e. The lowest BCUT2D eigenvalue weighted by molar-refractivity contribution is -0.384. The first-order valence-electron chi connectivity index (χ1n) is 6.44. The summed E-state index contributed by atoms with van der Waals surface area (Å²) in [4.78, 5) is 22.5. The minimum absolute atomic E-state index is 0.00489. The smallest absolute Gasteiger partial charge is 0.280 e. The van der Waals surface area contributed by atoms with Gasteiger partial charge in [-0.25, -0.2) is 5.43 Å². The van der Waals surface area contributed by atoms with Crippen LogP contribution in [0.3, 0.4) is 0 Å². The third kappa shape index (κ3) is 5.15. The van der Waals surface area contributed by atoms with Crippen molar-refractivity contribution < 1.29 is 14.5 Å². The zero-order valence-electron chi connectivity index (χ0n) is 11.9. The molecule has 0 bridgehead atoms. The number of hydrazone groups is 1. The van der Waals surface area contributed by atoms with Gasteiger partial charge in [-0.2, -0.15) is 5.10 Å². The molecule has 7 nitrogen and oxygen atoms in total. The zero-order valence-corrected chi connectivity index (χ0v) is 14.3. The summed E-state index contributed by atoms with van der Waals surface area (Å²) >= 11 is 4.48. The maximum atomic E-state index is 11.9. The van der Waals surface area contributed by atoms with Gasteiger partial charge in [-0.3, -0.25) is 14.9 Å². The molecule has 23 heavy (non-hydrogen) atoms. The zero-order chi connectivity index (χ0) is 16.8. The molecule has 0 unspecified atom stereocenters. The average molecular weight is 398 g/mol. The SMILES string of the molecule is C[C@@H](Oc1ccc(Br)cc1)C(=O)N/N=C\c1cc([N+](=O)[O-])cs1. The van der Waals surface area contributed by atoms with Crippen molar-refractivity contribution in [2.45, 2.75) is 13.0 Å². The molecule has 0 saturated heterocycles. The van der Waals surface area contributed by atoms with Gasteiger partial charge in [0, 0.05) is 10.5 Å². The second-order valence-corrected chi connectivity index (χ2v) is 6.27. The number of carbonyl (C=O) groups is 1. The molecule has 1 amide bonds. The van der Waals surface area contributed by atoms with Crippen molar-refractivity contribution in [3.8, 4) is 5.75 Å². The minimum Gasteiger partial charge on any atom is -0.481 e. The molecule has 0 aliphatic rings. The summed E-state index contributed by atoms with van der Waals surface area (Å²) in [6.07, 6.45) is 0.619. The third-order valence-electron chi connectivity index (χ3n) is 2.68. The predicted molar refractivity (Wildman–Crippen MR) is 90.9 cm³/mol. The van der Waals surface area contributed by atoms with E-state index >= 15 is 0 Å². The summed E-state index contributed by atoms with van der Waals surface area (Å²) in [6.45, 7) is 1.60. The molecule has 120 valence electrons. The number of halogens is 1. The Morgan fingerprint density at radius 2 is 2.17 bits per heavy atom. The van der Waals surface area contributed by atoms with E-state index in [4.69, 9.17) is 4.74 Å². The van der Waals surface area contributed by atoms with Gasteiger partial charge < -0.3 is 4.74 Å². The second-order valence-electron chi connectivity index (χ2n) is 4.41. The molecule has 0 radical (unpaired) electrons. The summed E-state index contributed by atoms with van der Waals surface area (Å²) in [5, 5.41) is 15.7. The molecular weight excluding hydrogens is 386 g/mol. The van der Waals surface area contributed by atoms with Gasteiger partial charge in [-0.1, -0.05) is 15.9 Å². The number of nitrogens with zero attached hydrogens (tertiary/aromatic N) is 2. The lowest BCUT2D eigenvalue weighted by atomic mass is 10.3. The number of nitrogens with one attached hydrogen (secondary N) is 1. The fraction of sp³-hybridized carbons (Fsp3) is 0.143. The summed E-state index contributed by atoms with van der Waals surface area (Å²) in [7, 11) is 0. The van der Waals surface area contributed by atoms with Gasteiger partial charge >= 0.3 is 0 Å². The fourth-order valence-corrected chi connectivity index (χ4v) is 2.50. The van der Waals surface area contributed by atoms with Crippen LogP contribution in [0.4, 0.5) is 5.69 Å². The van der Waals surface area contributed by atoms with Crippen LogP contribution in [0.5, 0.6) is 5.75 Å². The molecule has 1 aromatic carbocycles. The van der Waals surface area contributed by atoms with E-state index in [2.05, 4.69) is 26.5 Å². The van der Waals surface area contributed by atoms with Crippen LogP contribution in [0, 0.1) is 10.1 Å². The molecular formula is C14H12BrN3O4S. The van der Waals surface area contributed by atoms with Gasteiger partial charge in [0.05, 0.1) is 21.4 Å². The molecule has 1 atom stereocenters. The van der Waals surface area contributed by atoms with Gasteiger partial charge in [-0.15, -0.1) is 11.3 Å². The predicted octanol–water partition coefficient (Wildman–Crippen LogP) is 3.34. The number of thiophene rings is 1. The Bertz CT molecular complexity index is 730. The minimum atomic E-state index is -0.731. The Hall–Kier alpha value is -2.26. The van der Waals surface area contributed by atoms with Crippen molar-refractivity contribution in [2.75, 3.05) is 0 Å². The molecule has 1 heterocycles. The van der Waals surface area contributed by atoms with Crippen molar-refractivity contribution in [3.63, 3.8) is 0 Å². The number of hydrogen-bond donors (Lipinski definition) is 1. The Morgan fingerprint density at radius 1 is 1.48 bits per heavy atom. The van der Waals surface area contributed by atoms with Gasteiger partial charge in [-0.05, 0) is 31.2 Å².